The van der Waals surface area contributed by atoms with Gasteiger partial charge >= 0.3 is 0 Å². The monoisotopic (exact) mass is 205 g/mol. The Morgan fingerprint density at radius 2 is 1.67 bits per heavy atom. The molecule has 0 spiro atoms. The number of aryl methyl sites for hydroxylation is 1. The van der Waals surface area contributed by atoms with Crippen molar-refractivity contribution in [1.82, 2.24) is 4.90 Å². The summed E-state index contributed by atoms with van der Waals surface area (Å²) in [5, 5.41) is 0. The summed E-state index contributed by atoms with van der Waals surface area (Å²) in [4.78, 5) is 2.40. The van der Waals surface area contributed by atoms with Crippen LogP contribution in [0.15, 0.2) is 24.3 Å². The molecule has 1 rings (SSSR count). The minimum atomic E-state index is 1.09. The lowest BCUT2D eigenvalue weighted by Crippen LogP contribution is -2.19. The highest BCUT2D eigenvalue weighted by Crippen LogP contribution is 2.13. The molecule has 0 unspecified atom stereocenters. The second-order valence-corrected chi connectivity index (χ2v) is 4.26. The van der Waals surface area contributed by atoms with Crippen LogP contribution in [0.25, 0.3) is 0 Å². The summed E-state index contributed by atoms with van der Waals surface area (Å²) < 4.78 is 0. The quantitative estimate of drug-likeness (QED) is 0.687. The maximum atomic E-state index is 2.40. The Balaban J connectivity index is 2.66. The molecule has 0 saturated heterocycles. The molecule has 84 valence electrons. The average Bonchev–Trinajstić information content (AvgIpc) is 2.21. The van der Waals surface area contributed by atoms with Crippen molar-refractivity contribution in [2.75, 3.05) is 13.6 Å². The molecule has 0 fully saturated rings. The summed E-state index contributed by atoms with van der Waals surface area (Å²) in [5.74, 6) is 0. The van der Waals surface area contributed by atoms with Crippen LogP contribution in [0.1, 0.15) is 37.8 Å². The Bertz CT molecular complexity index is 280. The van der Waals surface area contributed by atoms with Gasteiger partial charge in [-0.2, -0.15) is 0 Å². The van der Waals surface area contributed by atoms with Crippen molar-refractivity contribution in [3.8, 4) is 0 Å². The molecule has 0 aliphatic rings. The van der Waals surface area contributed by atoms with Crippen LogP contribution in [0.2, 0.25) is 0 Å². The van der Waals surface area contributed by atoms with Crippen molar-refractivity contribution >= 4 is 0 Å². The third-order valence-corrected chi connectivity index (χ3v) is 2.68. The van der Waals surface area contributed by atoms with E-state index in [1.54, 1.807) is 0 Å². The second kappa shape index (κ2) is 6.62. The first kappa shape index (κ1) is 12.3. The van der Waals surface area contributed by atoms with Gasteiger partial charge in [0, 0.05) is 6.54 Å². The van der Waals surface area contributed by atoms with E-state index in [4.69, 9.17) is 0 Å². The van der Waals surface area contributed by atoms with E-state index in [0.717, 1.165) is 6.54 Å². The van der Waals surface area contributed by atoms with Crippen LogP contribution >= 0.6 is 0 Å². The highest BCUT2D eigenvalue weighted by molar-refractivity contribution is 5.27. The molecule has 15 heavy (non-hydrogen) atoms. The van der Waals surface area contributed by atoms with E-state index in [-0.39, 0.29) is 0 Å². The fourth-order valence-electron chi connectivity index (χ4n) is 1.98. The van der Waals surface area contributed by atoms with Crippen molar-refractivity contribution in [2.45, 2.75) is 39.7 Å². The molecule has 0 radical (unpaired) electrons. The minimum absolute atomic E-state index is 1.09. The molecule has 0 aromatic heterocycles. The van der Waals surface area contributed by atoms with E-state index in [9.17, 15) is 0 Å². The molecule has 0 atom stereocenters. The van der Waals surface area contributed by atoms with Crippen LogP contribution in [0.5, 0.6) is 0 Å². The van der Waals surface area contributed by atoms with Crippen LogP contribution in [0, 0.1) is 0 Å². The van der Waals surface area contributed by atoms with E-state index < -0.39 is 0 Å². The standard InChI is InChI=1S/C14H23N/c1-4-8-13-9-6-7-10-14(13)12-15(3)11-5-2/h6-7,9-10H,4-5,8,11-12H2,1-3H3. The summed E-state index contributed by atoms with van der Waals surface area (Å²) in [6, 6.07) is 8.82. The Hall–Kier alpha value is -0.820. The third kappa shape index (κ3) is 4.05. The van der Waals surface area contributed by atoms with Crippen LogP contribution < -0.4 is 0 Å². The van der Waals surface area contributed by atoms with Gasteiger partial charge < -0.3 is 4.90 Å². The lowest BCUT2D eigenvalue weighted by molar-refractivity contribution is 0.326. The number of nitrogens with zero attached hydrogens (tertiary/aromatic N) is 1. The molecular formula is C14H23N. The summed E-state index contributed by atoms with van der Waals surface area (Å²) in [6.07, 6.45) is 3.66. The van der Waals surface area contributed by atoms with Gasteiger partial charge in [0.25, 0.3) is 0 Å². The molecule has 1 aromatic carbocycles. The van der Waals surface area contributed by atoms with Crippen LogP contribution in [-0.4, -0.2) is 18.5 Å². The number of hydrogen-bond donors (Lipinski definition) is 0. The van der Waals surface area contributed by atoms with Crippen LogP contribution in [0.3, 0.4) is 0 Å². The molecule has 0 aliphatic carbocycles. The predicted molar refractivity (Wildman–Crippen MR) is 67.1 cm³/mol. The van der Waals surface area contributed by atoms with Gasteiger partial charge in [0.05, 0.1) is 0 Å². The van der Waals surface area contributed by atoms with Gasteiger partial charge in [-0.05, 0) is 37.6 Å². The molecule has 0 aliphatic heterocycles. The highest BCUT2D eigenvalue weighted by Gasteiger charge is 2.03. The zero-order chi connectivity index (χ0) is 11.1. The zero-order valence-electron chi connectivity index (χ0n) is 10.3. The summed E-state index contributed by atoms with van der Waals surface area (Å²) >= 11 is 0. The topological polar surface area (TPSA) is 3.24 Å². The van der Waals surface area contributed by atoms with Gasteiger partial charge in [0.1, 0.15) is 0 Å². The van der Waals surface area contributed by atoms with E-state index in [1.807, 2.05) is 0 Å². The molecule has 1 nitrogen and oxygen atoms in total. The van der Waals surface area contributed by atoms with Crippen molar-refractivity contribution in [3.05, 3.63) is 35.4 Å². The maximum Gasteiger partial charge on any atom is 0.0233 e. The lowest BCUT2D eigenvalue weighted by atomic mass is 10.0. The number of rotatable bonds is 6. The normalized spacial score (nSPS) is 10.9. The molecule has 0 amide bonds. The van der Waals surface area contributed by atoms with Crippen molar-refractivity contribution in [1.29, 1.82) is 0 Å². The molecule has 1 heteroatoms. The molecule has 0 N–H and O–H groups in total. The van der Waals surface area contributed by atoms with Gasteiger partial charge in [-0.3, -0.25) is 0 Å². The highest BCUT2D eigenvalue weighted by atomic mass is 15.1. The summed E-state index contributed by atoms with van der Waals surface area (Å²) in [5.41, 5.74) is 3.01. The Morgan fingerprint density at radius 1 is 1.00 bits per heavy atom. The molecule has 0 bridgehead atoms. The van der Waals surface area contributed by atoms with Gasteiger partial charge in [0.15, 0.2) is 0 Å². The molecule has 0 heterocycles. The molecular weight excluding hydrogens is 182 g/mol. The lowest BCUT2D eigenvalue weighted by Gasteiger charge is -2.17. The fraction of sp³-hybridized carbons (Fsp3) is 0.571. The van der Waals surface area contributed by atoms with E-state index >= 15 is 0 Å². The Kier molecular flexibility index (Phi) is 5.41. The summed E-state index contributed by atoms with van der Waals surface area (Å²) in [7, 11) is 2.20. The smallest absolute Gasteiger partial charge is 0.0233 e. The average molecular weight is 205 g/mol. The zero-order valence-corrected chi connectivity index (χ0v) is 10.3. The third-order valence-electron chi connectivity index (χ3n) is 2.68. The van der Waals surface area contributed by atoms with E-state index in [0.29, 0.717) is 0 Å². The Morgan fingerprint density at radius 3 is 2.27 bits per heavy atom. The van der Waals surface area contributed by atoms with Gasteiger partial charge in [-0.25, -0.2) is 0 Å². The fourth-order valence-corrected chi connectivity index (χ4v) is 1.98. The maximum absolute atomic E-state index is 2.40. The predicted octanol–water partition coefficient (Wildman–Crippen LogP) is 3.48. The van der Waals surface area contributed by atoms with Crippen molar-refractivity contribution in [2.24, 2.45) is 0 Å². The summed E-state index contributed by atoms with van der Waals surface area (Å²) in [6.45, 7) is 6.74. The minimum Gasteiger partial charge on any atom is -0.302 e. The molecule has 1 aromatic rings. The first-order valence-electron chi connectivity index (χ1n) is 6.03. The van der Waals surface area contributed by atoms with E-state index in [1.165, 1.54) is 36.9 Å². The van der Waals surface area contributed by atoms with Crippen LogP contribution in [-0.2, 0) is 13.0 Å². The first-order chi connectivity index (χ1) is 7.27. The van der Waals surface area contributed by atoms with Gasteiger partial charge in [-0.1, -0.05) is 44.5 Å². The second-order valence-electron chi connectivity index (χ2n) is 4.26. The number of hydrogen-bond acceptors (Lipinski definition) is 1. The first-order valence-corrected chi connectivity index (χ1v) is 6.03. The molecule has 0 saturated carbocycles. The van der Waals surface area contributed by atoms with Crippen molar-refractivity contribution < 1.29 is 0 Å². The van der Waals surface area contributed by atoms with Crippen LogP contribution in [0.4, 0.5) is 0 Å². The SMILES string of the molecule is CCCc1ccccc1CN(C)CCC. The van der Waals surface area contributed by atoms with E-state index in [2.05, 4.69) is 50.1 Å². The van der Waals surface area contributed by atoms with Gasteiger partial charge in [0.2, 0.25) is 0 Å². The van der Waals surface area contributed by atoms with Gasteiger partial charge in [-0.15, -0.1) is 0 Å². The van der Waals surface area contributed by atoms with Crippen molar-refractivity contribution in [3.63, 3.8) is 0 Å². The number of benzene rings is 1. The largest absolute Gasteiger partial charge is 0.302 e. The Labute approximate surface area is 94.1 Å².